The molecule has 2 heterocycles. The van der Waals surface area contributed by atoms with E-state index in [0.29, 0.717) is 17.0 Å². The quantitative estimate of drug-likeness (QED) is 0.315. The summed E-state index contributed by atoms with van der Waals surface area (Å²) in [6.45, 7) is 16.2. The van der Waals surface area contributed by atoms with Gasteiger partial charge in [0.2, 0.25) is 5.91 Å². The van der Waals surface area contributed by atoms with Crippen molar-refractivity contribution in [1.29, 1.82) is 0 Å². The van der Waals surface area contributed by atoms with Crippen LogP contribution in [0.4, 0.5) is 13.5 Å². The Morgan fingerprint density at radius 2 is 1.65 bits per heavy atom. The smallest absolute Gasteiger partial charge is 0.253 e. The lowest BCUT2D eigenvalue weighted by molar-refractivity contribution is -0.114. The Balaban J connectivity index is 1.85. The van der Waals surface area contributed by atoms with Crippen molar-refractivity contribution in [3.63, 3.8) is 0 Å². The zero-order valence-corrected chi connectivity index (χ0v) is 27.2. The van der Waals surface area contributed by atoms with Crippen LogP contribution in [-0.4, -0.2) is 22.7 Å². The number of allylic oxidation sites excluding steroid dienone is 4. The summed E-state index contributed by atoms with van der Waals surface area (Å²) in [5, 5.41) is 2.74. The number of aromatic nitrogens is 1. The predicted molar refractivity (Wildman–Crippen MR) is 178 cm³/mol. The van der Waals surface area contributed by atoms with Gasteiger partial charge in [0.25, 0.3) is 11.2 Å². The highest BCUT2D eigenvalue weighted by Gasteiger charge is 2.29. The first-order chi connectivity index (χ1) is 20.0. The molecule has 1 amide bonds. The van der Waals surface area contributed by atoms with Gasteiger partial charge in [0.15, 0.2) is 0 Å². The molecule has 1 aliphatic heterocycles. The fraction of sp³-hybridized carbons (Fsp3) is 0.314. The molecule has 8 heteroatoms. The molecule has 1 aromatic heterocycles. The number of hydrogen-bond acceptors (Lipinski definition) is 3. The maximum Gasteiger partial charge on any atom is 0.253 e. The van der Waals surface area contributed by atoms with E-state index in [0.717, 1.165) is 37.5 Å². The van der Waals surface area contributed by atoms with Crippen LogP contribution in [0.3, 0.4) is 0 Å². The van der Waals surface area contributed by atoms with Crippen molar-refractivity contribution in [3.8, 4) is 5.75 Å². The predicted octanol–water partition coefficient (Wildman–Crippen LogP) is 9.85. The van der Waals surface area contributed by atoms with E-state index in [1.54, 1.807) is 43.5 Å². The molecule has 3 aromatic rings. The maximum absolute atomic E-state index is 15.9. The SMILES string of the molecule is COc1c(/C=C/C2=NS(F)(F)n3cccc3/C(c3ccc(NC(C)=O)cc3)=C\C(C)=C/2)cc(C(C)(C)C)cc1C(C)(C)C. The number of ether oxygens (including phenoxy) is 1. The van der Waals surface area contributed by atoms with Gasteiger partial charge < -0.3 is 10.1 Å². The monoisotopic (exact) mass is 605 g/mol. The molecule has 1 aliphatic rings. The zero-order chi connectivity index (χ0) is 31.7. The number of anilines is 1. The molecule has 0 spiro atoms. The average molecular weight is 606 g/mol. The number of fused-ring (bicyclic) bond motifs is 1. The molecule has 0 saturated carbocycles. The summed E-state index contributed by atoms with van der Waals surface area (Å²) >= 11 is -4.62. The number of nitrogens with one attached hydrogen (secondary N) is 1. The summed E-state index contributed by atoms with van der Waals surface area (Å²) in [5.74, 6) is 0.540. The first-order valence-corrected chi connectivity index (χ1v) is 15.5. The van der Waals surface area contributed by atoms with Gasteiger partial charge in [-0.25, -0.2) is 3.97 Å². The van der Waals surface area contributed by atoms with E-state index in [-0.39, 0.29) is 22.4 Å². The highest BCUT2D eigenvalue weighted by molar-refractivity contribution is 8.23. The lowest BCUT2D eigenvalue weighted by Gasteiger charge is -2.28. The van der Waals surface area contributed by atoms with Crippen LogP contribution in [0, 0.1) is 0 Å². The van der Waals surface area contributed by atoms with Gasteiger partial charge in [0, 0.05) is 35.5 Å². The molecule has 0 atom stereocenters. The Morgan fingerprint density at radius 3 is 2.23 bits per heavy atom. The van der Waals surface area contributed by atoms with E-state index in [4.69, 9.17) is 4.74 Å². The zero-order valence-electron chi connectivity index (χ0n) is 26.4. The molecular weight excluding hydrogens is 564 g/mol. The number of hydrogen-bond donors (Lipinski definition) is 1. The molecule has 0 fully saturated rings. The van der Waals surface area contributed by atoms with Gasteiger partial charge in [-0.2, -0.15) is 4.40 Å². The highest BCUT2D eigenvalue weighted by atomic mass is 32.3. The van der Waals surface area contributed by atoms with Crippen LogP contribution >= 0.6 is 11.2 Å². The second kappa shape index (κ2) is 12.0. The van der Waals surface area contributed by atoms with Gasteiger partial charge >= 0.3 is 0 Å². The fourth-order valence-corrected chi connectivity index (χ4v) is 6.02. The van der Waals surface area contributed by atoms with Crippen molar-refractivity contribution in [2.45, 2.75) is 66.2 Å². The van der Waals surface area contributed by atoms with Crippen LogP contribution in [0.5, 0.6) is 5.75 Å². The number of rotatable bonds is 5. The summed E-state index contributed by atoms with van der Waals surface area (Å²) in [5.41, 5.74) is 5.99. The van der Waals surface area contributed by atoms with Crippen LogP contribution in [-0.2, 0) is 15.6 Å². The minimum atomic E-state index is -4.62. The Kier molecular flexibility index (Phi) is 8.93. The molecule has 2 aromatic carbocycles. The normalized spacial score (nSPS) is 18.6. The lowest BCUT2D eigenvalue weighted by atomic mass is 9.79. The van der Waals surface area contributed by atoms with Gasteiger partial charge in [0.05, 0.1) is 18.5 Å². The second-order valence-corrected chi connectivity index (χ2v) is 14.2. The third-order valence-corrected chi connectivity index (χ3v) is 8.36. The van der Waals surface area contributed by atoms with Crippen molar-refractivity contribution in [2.75, 3.05) is 12.4 Å². The molecule has 4 rings (SSSR count). The molecule has 43 heavy (non-hydrogen) atoms. The third-order valence-electron chi connectivity index (χ3n) is 7.13. The molecule has 5 nitrogen and oxygen atoms in total. The van der Waals surface area contributed by atoms with Gasteiger partial charge in [0.1, 0.15) is 5.75 Å². The van der Waals surface area contributed by atoms with Gasteiger partial charge in [-0.1, -0.05) is 59.7 Å². The largest absolute Gasteiger partial charge is 0.496 e. The summed E-state index contributed by atoms with van der Waals surface area (Å²) in [6.07, 6.45) is 8.41. The average Bonchev–Trinajstić information content (AvgIpc) is 3.40. The minimum absolute atomic E-state index is 0.120. The van der Waals surface area contributed by atoms with Crippen LogP contribution in [0.2, 0.25) is 0 Å². The topological polar surface area (TPSA) is 55.6 Å². The molecule has 228 valence electrons. The van der Waals surface area contributed by atoms with E-state index in [1.807, 2.05) is 31.2 Å². The van der Waals surface area contributed by atoms with E-state index in [2.05, 4.69) is 63.4 Å². The van der Waals surface area contributed by atoms with Crippen LogP contribution in [0.15, 0.2) is 82.9 Å². The van der Waals surface area contributed by atoms with Crippen molar-refractivity contribution in [1.82, 2.24) is 3.97 Å². The summed E-state index contributed by atoms with van der Waals surface area (Å²) in [6, 6.07) is 14.7. The van der Waals surface area contributed by atoms with Crippen LogP contribution in [0.1, 0.15) is 83.3 Å². The fourth-order valence-electron chi connectivity index (χ4n) is 4.95. The molecule has 0 unspecified atom stereocenters. The van der Waals surface area contributed by atoms with Crippen molar-refractivity contribution >= 4 is 40.1 Å². The standard InChI is InChI=1S/C35H41F2N3O2S/c1-23-19-29(17-14-26-21-27(34(3,4)5)22-31(33(26)42-9)35(6,7)8)39-43(36,37)40-18-10-11-32(40)30(20-23)25-12-15-28(16-13-25)38-24(2)41/h10-22H,1-9H3,(H,38,41)/b17-14+,23-19-,30-20-,39-29?. The molecule has 0 bridgehead atoms. The maximum atomic E-state index is 15.9. The summed E-state index contributed by atoms with van der Waals surface area (Å²) < 4.78 is 42.7. The van der Waals surface area contributed by atoms with Crippen molar-refractivity contribution < 1.29 is 17.3 Å². The minimum Gasteiger partial charge on any atom is -0.496 e. The van der Waals surface area contributed by atoms with Crippen LogP contribution < -0.4 is 10.1 Å². The number of benzene rings is 2. The summed E-state index contributed by atoms with van der Waals surface area (Å²) in [7, 11) is 1.64. The van der Waals surface area contributed by atoms with Crippen molar-refractivity contribution in [2.24, 2.45) is 4.40 Å². The first kappa shape index (κ1) is 32.0. The Labute approximate surface area is 256 Å². The molecule has 1 N–H and O–H groups in total. The summed E-state index contributed by atoms with van der Waals surface area (Å²) in [4.78, 5) is 11.5. The van der Waals surface area contributed by atoms with E-state index in [9.17, 15) is 4.79 Å². The Morgan fingerprint density at radius 1 is 0.977 bits per heavy atom. The molecular formula is C35H41F2N3O2S. The number of amides is 1. The van der Waals surface area contributed by atoms with Crippen LogP contribution in [0.25, 0.3) is 11.6 Å². The van der Waals surface area contributed by atoms with E-state index >= 15 is 7.77 Å². The lowest BCUT2D eigenvalue weighted by Crippen LogP contribution is -2.18. The second-order valence-electron chi connectivity index (χ2n) is 12.8. The van der Waals surface area contributed by atoms with Gasteiger partial charge in [-0.15, -0.1) is 7.77 Å². The van der Waals surface area contributed by atoms with Crippen molar-refractivity contribution in [3.05, 3.63) is 106 Å². The first-order valence-electron chi connectivity index (χ1n) is 14.2. The van der Waals surface area contributed by atoms with Gasteiger partial charge in [-0.3, -0.25) is 4.79 Å². The number of carbonyl (C=O) groups is 1. The molecule has 0 saturated heterocycles. The van der Waals surface area contributed by atoms with E-state index in [1.165, 1.54) is 13.1 Å². The molecule has 0 radical (unpaired) electrons. The number of halogens is 2. The third kappa shape index (κ3) is 7.36. The number of nitrogens with zero attached hydrogens (tertiary/aromatic N) is 2. The van der Waals surface area contributed by atoms with E-state index < -0.39 is 11.2 Å². The number of methoxy groups -OCH3 is 1. The number of carbonyl (C=O) groups excluding carboxylic acids is 1. The molecule has 0 aliphatic carbocycles. The highest BCUT2D eigenvalue weighted by Crippen LogP contribution is 2.57. The van der Waals surface area contributed by atoms with Gasteiger partial charge in [-0.05, 0) is 89.1 Å². The Hall–Kier alpha value is -3.91. The Bertz CT molecular complexity index is 1650.